The molecule has 1 aliphatic rings. The average Bonchev–Trinajstić information content (AvgIpc) is 2.69. The molecule has 1 aromatic carbocycles. The van der Waals surface area contributed by atoms with Gasteiger partial charge in [0, 0.05) is 18.1 Å². The van der Waals surface area contributed by atoms with Crippen LogP contribution in [0.15, 0.2) is 18.2 Å². The molecule has 1 aliphatic heterocycles. The van der Waals surface area contributed by atoms with Gasteiger partial charge in [-0.15, -0.1) is 0 Å². The van der Waals surface area contributed by atoms with Crippen molar-refractivity contribution in [3.8, 4) is 5.75 Å². The maximum absolute atomic E-state index is 5.28. The molecule has 0 aliphatic carbocycles. The highest BCUT2D eigenvalue weighted by Gasteiger charge is 2.29. The minimum atomic E-state index is 0.286. The Balaban J connectivity index is 1.78. The number of methoxy groups -OCH3 is 1. The van der Waals surface area contributed by atoms with Crippen LogP contribution in [-0.4, -0.2) is 31.8 Å². The summed E-state index contributed by atoms with van der Waals surface area (Å²) < 4.78 is 5.28. The Kier molecular flexibility index (Phi) is 4.48. The second-order valence-corrected chi connectivity index (χ2v) is 6.17. The van der Waals surface area contributed by atoms with Gasteiger partial charge in [-0.2, -0.15) is 0 Å². The first-order chi connectivity index (χ1) is 9.00. The Morgan fingerprint density at radius 1 is 1.42 bits per heavy atom. The standard InChI is InChI=1S/C16H26N2O/c1-12-9-13(5-6-15(12)19-4)7-8-17-14-10-16(2,3)18-11-14/h5-6,9,14,17-18H,7-8,10-11H2,1-4H3. The Bertz CT molecular complexity index is 429. The minimum Gasteiger partial charge on any atom is -0.496 e. The van der Waals surface area contributed by atoms with E-state index < -0.39 is 0 Å². The van der Waals surface area contributed by atoms with Gasteiger partial charge in [-0.25, -0.2) is 0 Å². The van der Waals surface area contributed by atoms with E-state index in [0.29, 0.717) is 6.04 Å². The van der Waals surface area contributed by atoms with Crippen molar-refractivity contribution >= 4 is 0 Å². The zero-order valence-corrected chi connectivity index (χ0v) is 12.5. The molecule has 0 saturated carbocycles. The molecule has 0 aromatic heterocycles. The number of hydrogen-bond acceptors (Lipinski definition) is 3. The lowest BCUT2D eigenvalue weighted by Gasteiger charge is -2.17. The van der Waals surface area contributed by atoms with Crippen molar-refractivity contribution in [1.29, 1.82) is 0 Å². The molecule has 0 amide bonds. The van der Waals surface area contributed by atoms with Crippen molar-refractivity contribution in [3.05, 3.63) is 29.3 Å². The normalized spacial score (nSPS) is 21.6. The van der Waals surface area contributed by atoms with Crippen molar-refractivity contribution < 1.29 is 4.74 Å². The Hall–Kier alpha value is -1.06. The monoisotopic (exact) mass is 262 g/mol. The van der Waals surface area contributed by atoms with E-state index in [1.54, 1.807) is 7.11 Å². The molecular formula is C16H26N2O. The number of nitrogens with one attached hydrogen (secondary N) is 2. The number of hydrogen-bond donors (Lipinski definition) is 2. The highest BCUT2D eigenvalue weighted by molar-refractivity contribution is 5.36. The minimum absolute atomic E-state index is 0.286. The third-order valence-corrected chi connectivity index (χ3v) is 3.89. The average molecular weight is 262 g/mol. The van der Waals surface area contributed by atoms with E-state index in [1.807, 2.05) is 0 Å². The molecule has 0 spiro atoms. The summed E-state index contributed by atoms with van der Waals surface area (Å²) in [7, 11) is 1.72. The molecule has 2 rings (SSSR count). The van der Waals surface area contributed by atoms with E-state index in [9.17, 15) is 0 Å². The fraction of sp³-hybridized carbons (Fsp3) is 0.625. The molecule has 0 radical (unpaired) electrons. The van der Waals surface area contributed by atoms with Gasteiger partial charge in [-0.05, 0) is 57.4 Å². The first kappa shape index (κ1) is 14.4. The summed E-state index contributed by atoms with van der Waals surface area (Å²) in [6, 6.07) is 7.04. The lowest BCUT2D eigenvalue weighted by Crippen LogP contribution is -2.32. The summed E-state index contributed by atoms with van der Waals surface area (Å²) in [5.74, 6) is 0.971. The molecule has 1 fully saturated rings. The SMILES string of the molecule is COc1ccc(CCNC2CNC(C)(C)C2)cc1C. The van der Waals surface area contributed by atoms with Gasteiger partial charge in [0.2, 0.25) is 0 Å². The lowest BCUT2D eigenvalue weighted by atomic mass is 10.0. The Morgan fingerprint density at radius 2 is 2.21 bits per heavy atom. The summed E-state index contributed by atoms with van der Waals surface area (Å²) >= 11 is 0. The van der Waals surface area contributed by atoms with Crippen molar-refractivity contribution in [2.45, 2.75) is 45.2 Å². The topological polar surface area (TPSA) is 33.3 Å². The lowest BCUT2D eigenvalue weighted by molar-refractivity contribution is 0.411. The highest BCUT2D eigenvalue weighted by atomic mass is 16.5. The zero-order chi connectivity index (χ0) is 13.9. The van der Waals surface area contributed by atoms with Gasteiger partial charge < -0.3 is 15.4 Å². The molecular weight excluding hydrogens is 236 g/mol. The van der Waals surface area contributed by atoms with E-state index in [2.05, 4.69) is 49.6 Å². The van der Waals surface area contributed by atoms with Crippen LogP contribution in [0.1, 0.15) is 31.4 Å². The fourth-order valence-electron chi connectivity index (χ4n) is 2.82. The van der Waals surface area contributed by atoms with Crippen LogP contribution in [-0.2, 0) is 6.42 Å². The van der Waals surface area contributed by atoms with Gasteiger partial charge in [0.25, 0.3) is 0 Å². The fourth-order valence-corrected chi connectivity index (χ4v) is 2.82. The van der Waals surface area contributed by atoms with E-state index in [0.717, 1.165) is 25.3 Å². The molecule has 3 heteroatoms. The predicted molar refractivity (Wildman–Crippen MR) is 79.9 cm³/mol. The maximum Gasteiger partial charge on any atom is 0.121 e. The van der Waals surface area contributed by atoms with E-state index in [-0.39, 0.29) is 5.54 Å². The van der Waals surface area contributed by atoms with Crippen LogP contribution in [0, 0.1) is 6.92 Å². The number of aryl methyl sites for hydroxylation is 1. The number of benzene rings is 1. The number of ether oxygens (including phenoxy) is 1. The van der Waals surface area contributed by atoms with Gasteiger partial charge in [-0.1, -0.05) is 12.1 Å². The molecule has 1 unspecified atom stereocenters. The molecule has 2 N–H and O–H groups in total. The summed E-state index contributed by atoms with van der Waals surface area (Å²) in [4.78, 5) is 0. The van der Waals surface area contributed by atoms with E-state index in [4.69, 9.17) is 4.74 Å². The van der Waals surface area contributed by atoms with Gasteiger partial charge in [0.15, 0.2) is 0 Å². The van der Waals surface area contributed by atoms with Crippen LogP contribution < -0.4 is 15.4 Å². The third kappa shape index (κ3) is 3.95. The van der Waals surface area contributed by atoms with Gasteiger partial charge in [0.05, 0.1) is 7.11 Å². The second kappa shape index (κ2) is 5.93. The highest BCUT2D eigenvalue weighted by Crippen LogP contribution is 2.19. The van der Waals surface area contributed by atoms with Gasteiger partial charge in [-0.3, -0.25) is 0 Å². The quantitative estimate of drug-likeness (QED) is 0.854. The summed E-state index contributed by atoms with van der Waals surface area (Å²) in [6.45, 7) is 8.74. The van der Waals surface area contributed by atoms with Crippen LogP contribution >= 0.6 is 0 Å². The molecule has 1 atom stereocenters. The second-order valence-electron chi connectivity index (χ2n) is 6.17. The molecule has 1 aromatic rings. The molecule has 1 saturated heterocycles. The number of rotatable bonds is 5. The van der Waals surface area contributed by atoms with Gasteiger partial charge in [0.1, 0.15) is 5.75 Å². The van der Waals surface area contributed by atoms with Crippen molar-refractivity contribution in [2.24, 2.45) is 0 Å². The van der Waals surface area contributed by atoms with Crippen LogP contribution in [0.2, 0.25) is 0 Å². The summed E-state index contributed by atoms with van der Waals surface area (Å²) in [5, 5.41) is 7.18. The van der Waals surface area contributed by atoms with E-state index >= 15 is 0 Å². The van der Waals surface area contributed by atoms with E-state index in [1.165, 1.54) is 17.5 Å². The summed E-state index contributed by atoms with van der Waals surface area (Å²) in [6.07, 6.45) is 2.27. The third-order valence-electron chi connectivity index (χ3n) is 3.89. The van der Waals surface area contributed by atoms with Crippen LogP contribution in [0.4, 0.5) is 0 Å². The van der Waals surface area contributed by atoms with Crippen LogP contribution in [0.5, 0.6) is 5.75 Å². The molecule has 3 nitrogen and oxygen atoms in total. The molecule has 19 heavy (non-hydrogen) atoms. The first-order valence-corrected chi connectivity index (χ1v) is 7.12. The molecule has 1 heterocycles. The van der Waals surface area contributed by atoms with Gasteiger partial charge >= 0.3 is 0 Å². The Morgan fingerprint density at radius 3 is 2.79 bits per heavy atom. The predicted octanol–water partition coefficient (Wildman–Crippen LogP) is 2.28. The van der Waals surface area contributed by atoms with Crippen molar-refractivity contribution in [2.75, 3.05) is 20.2 Å². The van der Waals surface area contributed by atoms with Crippen LogP contribution in [0.25, 0.3) is 0 Å². The molecule has 106 valence electrons. The summed E-state index contributed by atoms with van der Waals surface area (Å²) in [5.41, 5.74) is 2.87. The maximum atomic E-state index is 5.28. The smallest absolute Gasteiger partial charge is 0.121 e. The van der Waals surface area contributed by atoms with Crippen molar-refractivity contribution in [1.82, 2.24) is 10.6 Å². The van der Waals surface area contributed by atoms with Crippen LogP contribution in [0.3, 0.4) is 0 Å². The molecule has 0 bridgehead atoms. The first-order valence-electron chi connectivity index (χ1n) is 7.12. The zero-order valence-electron chi connectivity index (χ0n) is 12.5. The Labute approximate surface area is 116 Å². The van der Waals surface area contributed by atoms with Crippen molar-refractivity contribution in [3.63, 3.8) is 0 Å². The largest absolute Gasteiger partial charge is 0.496 e.